The predicted octanol–water partition coefficient (Wildman–Crippen LogP) is -6.11. The first kappa shape index (κ1) is 32.3. The average Bonchev–Trinajstić information content (AvgIpc) is 0.811. The third kappa shape index (κ3) is 96.9. The Bertz CT molecular complexity index is 40.3. The molecule has 0 spiro atoms. The number of halogens is 3. The molecule has 7 heteroatoms. The van der Waals surface area contributed by atoms with E-state index in [0.717, 1.165) is 0 Å². The van der Waals surface area contributed by atoms with Crippen LogP contribution in [0.3, 0.4) is 0 Å². The van der Waals surface area contributed by atoms with Gasteiger partial charge >= 0.3 is 29.6 Å². The summed E-state index contributed by atoms with van der Waals surface area (Å²) in [7, 11) is 0. The van der Waals surface area contributed by atoms with E-state index >= 15 is 0 Å². The van der Waals surface area contributed by atoms with Crippen molar-refractivity contribution in [2.24, 2.45) is 11.5 Å². The Morgan fingerprint density at radius 3 is 1.25 bits per heavy atom. The van der Waals surface area contributed by atoms with Crippen LogP contribution < -0.4 is 65.0 Å². The molecule has 0 aromatic rings. The molecule has 0 saturated carbocycles. The van der Waals surface area contributed by atoms with E-state index in [2.05, 4.69) is 11.5 Å². The van der Waals surface area contributed by atoms with E-state index < -0.39 is 0 Å². The largest absolute Gasteiger partial charge is 1.00 e. The molecule has 8 heavy (non-hydrogen) atoms. The molecule has 0 amide bonds. The Hall–Kier alpha value is 2.02. The molecule has 0 aliphatic heterocycles. The maximum absolute atomic E-state index is 6.06. The first-order valence-corrected chi connectivity index (χ1v) is 0.827. The van der Waals surface area contributed by atoms with Crippen LogP contribution in [0.4, 0.5) is 0 Å². The number of nitrogens with two attached hydrogens (primary N) is 2. The Balaban J connectivity index is -0.00000000750. The summed E-state index contributed by atoms with van der Waals surface area (Å²) in [4.78, 5) is 0. The Morgan fingerprint density at radius 1 is 1.25 bits per heavy atom. The molecule has 0 aromatic carbocycles. The number of rotatable bonds is 0. The third-order valence-electron chi connectivity index (χ3n) is 0. The van der Waals surface area contributed by atoms with E-state index in [1.165, 1.54) is 0 Å². The second-order valence-corrected chi connectivity index (χ2v) is 0.455. The molecule has 3 nitrogen and oxygen atoms in total. The van der Waals surface area contributed by atoms with E-state index in [9.17, 15) is 0 Å². The number of nitrogens with one attached hydrogen (secondary N) is 1. The number of guanidine groups is 1. The topological polar surface area (TPSA) is 75.9 Å². The van der Waals surface area contributed by atoms with E-state index in [1.807, 2.05) is 0 Å². The summed E-state index contributed by atoms with van der Waals surface area (Å²) in [6, 6.07) is 0. The molecule has 48 valence electrons. The first-order valence-electron chi connectivity index (χ1n) is 0.827. The molecule has 0 bridgehead atoms. The van der Waals surface area contributed by atoms with Gasteiger partial charge in [0.25, 0.3) is 0 Å². The Morgan fingerprint density at radius 2 is 1.25 bits per heavy atom. The summed E-state index contributed by atoms with van der Waals surface area (Å²) < 4.78 is 0. The molecule has 0 fully saturated rings. The molecule has 0 saturated heterocycles. The van der Waals surface area contributed by atoms with Crippen molar-refractivity contribution in [1.29, 1.82) is 5.41 Å². The van der Waals surface area contributed by atoms with Gasteiger partial charge in [-0.25, -0.2) is 0 Å². The van der Waals surface area contributed by atoms with Crippen molar-refractivity contribution in [3.05, 3.63) is 0 Å². The standard InChI is InChI=1S/CH5N3.ClH.2HI.Na/c2-1(3)4;;;;/h(H5,2,3,4);3*1H;/q;;;;+1/p-1. The SMILES string of the molecule is Cl.I.N=C(N)N.[I-].[Na+]. The minimum atomic E-state index is -0.333. The zero-order valence-corrected chi connectivity index (χ0v) is 11.7. The van der Waals surface area contributed by atoms with Crippen molar-refractivity contribution in [3.63, 3.8) is 0 Å². The average molecular weight is 373 g/mol. The summed E-state index contributed by atoms with van der Waals surface area (Å²) in [5, 5.41) is 6.06. The second kappa shape index (κ2) is 23.0. The van der Waals surface area contributed by atoms with Crippen molar-refractivity contribution in [2.75, 3.05) is 0 Å². The Labute approximate surface area is 111 Å². The minimum Gasteiger partial charge on any atom is -1.00 e. The zero-order chi connectivity index (χ0) is 3.58. The van der Waals surface area contributed by atoms with Gasteiger partial charge in [-0.05, 0) is 0 Å². The van der Waals surface area contributed by atoms with Crippen LogP contribution in [0.1, 0.15) is 0 Å². The second-order valence-electron chi connectivity index (χ2n) is 0.455. The number of hydrogen-bond acceptors (Lipinski definition) is 1. The van der Waals surface area contributed by atoms with Crippen molar-refractivity contribution < 1.29 is 53.5 Å². The molecule has 0 radical (unpaired) electrons. The van der Waals surface area contributed by atoms with Crippen molar-refractivity contribution in [3.8, 4) is 0 Å². The molecular formula is CH7ClI2N3Na. The van der Waals surface area contributed by atoms with Crippen LogP contribution >= 0.6 is 36.4 Å². The molecule has 0 atom stereocenters. The van der Waals surface area contributed by atoms with Gasteiger partial charge < -0.3 is 35.4 Å². The van der Waals surface area contributed by atoms with Crippen molar-refractivity contribution in [1.82, 2.24) is 0 Å². The van der Waals surface area contributed by atoms with Crippen LogP contribution in [0.5, 0.6) is 0 Å². The van der Waals surface area contributed by atoms with Crippen LogP contribution in [-0.2, 0) is 0 Å². The summed E-state index contributed by atoms with van der Waals surface area (Å²) in [6.07, 6.45) is 0. The van der Waals surface area contributed by atoms with E-state index in [0.29, 0.717) is 0 Å². The predicted molar refractivity (Wildman–Crippen MR) is 38.8 cm³/mol. The van der Waals surface area contributed by atoms with Crippen LogP contribution in [-0.4, -0.2) is 5.96 Å². The van der Waals surface area contributed by atoms with Gasteiger partial charge in [-0.2, -0.15) is 0 Å². The zero-order valence-electron chi connectivity index (χ0n) is 4.35. The van der Waals surface area contributed by atoms with Gasteiger partial charge in [0.2, 0.25) is 0 Å². The fraction of sp³-hybridized carbons (Fsp3) is 0. The molecule has 0 unspecified atom stereocenters. The molecular weight excluding hydrogens is 366 g/mol. The summed E-state index contributed by atoms with van der Waals surface area (Å²) in [5.74, 6) is -0.333. The van der Waals surface area contributed by atoms with Crippen LogP contribution in [0, 0.1) is 5.41 Å². The third-order valence-corrected chi connectivity index (χ3v) is 0. The fourth-order valence-electron chi connectivity index (χ4n) is 0. The molecule has 0 aliphatic rings. The minimum absolute atomic E-state index is 0. The van der Waals surface area contributed by atoms with Gasteiger partial charge in [0.1, 0.15) is 0 Å². The van der Waals surface area contributed by atoms with Gasteiger partial charge in [0.15, 0.2) is 5.96 Å². The maximum Gasteiger partial charge on any atom is 1.00 e. The molecule has 0 heterocycles. The summed E-state index contributed by atoms with van der Waals surface area (Å²) in [5.41, 5.74) is 8.94. The first-order chi connectivity index (χ1) is 1.73. The van der Waals surface area contributed by atoms with Gasteiger partial charge in [0.05, 0.1) is 0 Å². The van der Waals surface area contributed by atoms with E-state index in [4.69, 9.17) is 5.41 Å². The summed E-state index contributed by atoms with van der Waals surface area (Å²) in [6.45, 7) is 0. The molecule has 0 aliphatic carbocycles. The van der Waals surface area contributed by atoms with Gasteiger partial charge in [-0.3, -0.25) is 5.41 Å². The van der Waals surface area contributed by atoms with Gasteiger partial charge in [0, 0.05) is 0 Å². The van der Waals surface area contributed by atoms with Crippen molar-refractivity contribution >= 4 is 42.3 Å². The van der Waals surface area contributed by atoms with Crippen LogP contribution in [0.15, 0.2) is 0 Å². The smallest absolute Gasteiger partial charge is 1.00 e. The molecule has 5 N–H and O–H groups in total. The monoisotopic (exact) mass is 373 g/mol. The fourth-order valence-corrected chi connectivity index (χ4v) is 0. The van der Waals surface area contributed by atoms with Crippen LogP contribution in [0.2, 0.25) is 0 Å². The number of hydrogen-bond donors (Lipinski definition) is 3. The molecule has 0 rings (SSSR count). The van der Waals surface area contributed by atoms with E-state index in [-0.39, 0.29) is 95.9 Å². The molecule has 0 aromatic heterocycles. The maximum atomic E-state index is 6.06. The Kier molecular flexibility index (Phi) is 93.1. The van der Waals surface area contributed by atoms with E-state index in [1.54, 1.807) is 0 Å². The van der Waals surface area contributed by atoms with Gasteiger partial charge in [-0.15, -0.1) is 36.4 Å². The quantitative estimate of drug-likeness (QED) is 0.171. The van der Waals surface area contributed by atoms with Crippen molar-refractivity contribution in [2.45, 2.75) is 0 Å². The normalized spacial score (nSPS) is 3.00. The van der Waals surface area contributed by atoms with Gasteiger partial charge in [-0.1, -0.05) is 0 Å². The van der Waals surface area contributed by atoms with Crippen LogP contribution in [0.25, 0.3) is 0 Å². The summed E-state index contributed by atoms with van der Waals surface area (Å²) >= 11 is 0.